The molecule has 0 heterocycles. The predicted molar refractivity (Wildman–Crippen MR) is 293 cm³/mol. The maximum absolute atomic E-state index is 12.8. The molecule has 0 radical (unpaired) electrons. The topological polar surface area (TPSA) is 78.9 Å². The predicted octanol–water partition coefficient (Wildman–Crippen LogP) is 18.9. The van der Waals surface area contributed by atoms with Crippen LogP contribution in [0.5, 0.6) is 0 Å². The summed E-state index contributed by atoms with van der Waals surface area (Å²) in [5.41, 5.74) is 0. The van der Waals surface area contributed by atoms with Gasteiger partial charge in [0.15, 0.2) is 6.10 Å². The molecule has 0 aromatic heterocycles. The van der Waals surface area contributed by atoms with E-state index in [0.29, 0.717) is 19.3 Å². The Morgan fingerprint density at radius 3 is 0.985 bits per heavy atom. The number of unbranched alkanes of at least 4 members (excludes halogenated alkanes) is 28. The van der Waals surface area contributed by atoms with Crippen molar-refractivity contribution >= 4 is 17.9 Å². The third kappa shape index (κ3) is 53.3. The van der Waals surface area contributed by atoms with Gasteiger partial charge in [0.25, 0.3) is 0 Å². The Balaban J connectivity index is 4.45. The van der Waals surface area contributed by atoms with Gasteiger partial charge in [-0.3, -0.25) is 14.4 Å². The van der Waals surface area contributed by atoms with Gasteiger partial charge in [0.2, 0.25) is 0 Å². The molecule has 0 rings (SSSR count). The number of rotatable bonds is 50. The van der Waals surface area contributed by atoms with E-state index in [0.717, 1.165) is 96.3 Å². The van der Waals surface area contributed by atoms with Crippen LogP contribution in [0.2, 0.25) is 0 Å². The molecule has 0 spiro atoms. The third-order valence-corrected chi connectivity index (χ3v) is 11.9. The van der Waals surface area contributed by atoms with E-state index < -0.39 is 6.10 Å². The van der Waals surface area contributed by atoms with Crippen LogP contribution in [-0.4, -0.2) is 37.2 Å². The lowest BCUT2D eigenvalue weighted by Crippen LogP contribution is -2.30. The molecule has 1 atom stereocenters. The average Bonchev–Trinajstić information content (AvgIpc) is 3.34. The summed E-state index contributed by atoms with van der Waals surface area (Å²) < 4.78 is 16.8. The van der Waals surface area contributed by atoms with Crippen molar-refractivity contribution in [2.75, 3.05) is 13.2 Å². The molecule has 0 aromatic carbocycles. The van der Waals surface area contributed by atoms with Crippen molar-refractivity contribution in [2.24, 2.45) is 0 Å². The van der Waals surface area contributed by atoms with Gasteiger partial charge in [-0.05, 0) is 89.9 Å². The van der Waals surface area contributed by atoms with Crippen LogP contribution < -0.4 is 0 Å². The van der Waals surface area contributed by atoms with E-state index in [2.05, 4.69) is 93.7 Å². The lowest BCUT2D eigenvalue weighted by atomic mass is 10.1. The van der Waals surface area contributed by atoms with Crippen molar-refractivity contribution in [3.63, 3.8) is 0 Å². The minimum atomic E-state index is -0.800. The van der Waals surface area contributed by atoms with Crippen molar-refractivity contribution in [3.8, 4) is 0 Å². The van der Waals surface area contributed by atoms with Crippen LogP contribution in [0.25, 0.3) is 0 Å². The first kappa shape index (κ1) is 64.3. The summed E-state index contributed by atoms with van der Waals surface area (Å²) in [6.45, 7) is 6.48. The Labute approximate surface area is 419 Å². The smallest absolute Gasteiger partial charge is 0.306 e. The molecule has 1 unspecified atom stereocenters. The second kappa shape index (κ2) is 55.9. The number of ether oxygens (including phenoxy) is 3. The molecule has 0 saturated carbocycles. The first-order valence-corrected chi connectivity index (χ1v) is 28.3. The Morgan fingerprint density at radius 2 is 0.574 bits per heavy atom. The van der Waals surface area contributed by atoms with Crippen LogP contribution in [0.3, 0.4) is 0 Å². The van der Waals surface area contributed by atoms with Crippen LogP contribution in [0.4, 0.5) is 0 Å². The van der Waals surface area contributed by atoms with Gasteiger partial charge in [0.05, 0.1) is 0 Å². The van der Waals surface area contributed by atoms with E-state index in [9.17, 15) is 14.4 Å². The summed E-state index contributed by atoms with van der Waals surface area (Å²) in [5.74, 6) is -0.938. The first-order chi connectivity index (χ1) is 33.5. The summed E-state index contributed by atoms with van der Waals surface area (Å²) in [5, 5.41) is 0. The molecular formula is C62H104O6. The van der Waals surface area contributed by atoms with Gasteiger partial charge >= 0.3 is 17.9 Å². The van der Waals surface area contributed by atoms with Gasteiger partial charge in [-0.1, -0.05) is 246 Å². The Bertz CT molecular complexity index is 1360. The van der Waals surface area contributed by atoms with Crippen LogP contribution in [-0.2, 0) is 28.6 Å². The van der Waals surface area contributed by atoms with E-state index >= 15 is 0 Å². The van der Waals surface area contributed by atoms with Gasteiger partial charge in [-0.25, -0.2) is 0 Å². The summed E-state index contributed by atoms with van der Waals surface area (Å²) in [6, 6.07) is 0. The molecule has 0 aliphatic rings. The maximum atomic E-state index is 12.8. The minimum Gasteiger partial charge on any atom is -0.462 e. The van der Waals surface area contributed by atoms with E-state index in [4.69, 9.17) is 14.2 Å². The molecule has 0 N–H and O–H groups in total. The zero-order chi connectivity index (χ0) is 49.3. The highest BCUT2D eigenvalue weighted by atomic mass is 16.6. The highest BCUT2D eigenvalue weighted by Gasteiger charge is 2.19. The minimum absolute atomic E-state index is 0.0951. The monoisotopic (exact) mass is 945 g/mol. The van der Waals surface area contributed by atoms with Crippen LogP contribution >= 0.6 is 0 Å². The fourth-order valence-electron chi connectivity index (χ4n) is 7.63. The van der Waals surface area contributed by atoms with E-state index in [1.807, 2.05) is 24.3 Å². The normalized spacial score (nSPS) is 12.8. The number of allylic oxidation sites excluding steroid dienone is 16. The summed E-state index contributed by atoms with van der Waals surface area (Å²) >= 11 is 0. The van der Waals surface area contributed by atoms with Crippen molar-refractivity contribution in [1.82, 2.24) is 0 Å². The van der Waals surface area contributed by atoms with Gasteiger partial charge in [-0.15, -0.1) is 0 Å². The standard InChI is InChI=1S/C62H104O6/c1-4-7-10-13-16-19-22-25-27-29-31-33-34-37-40-43-46-49-52-55-61(64)67-58-59(57-66-60(63)54-51-48-45-42-39-36-24-21-18-15-12-9-6-3)68-62(65)56-53-50-47-44-41-38-35-32-30-28-26-23-20-17-14-11-8-5-2/h11,14,16-17,19-20,22-23,25-26,28,30,32,35-36,39,59H,4-10,12-13,15,18,21,24,27,29,31,33-34,37-38,40-58H2,1-3H3/b14-11-,19-16-,20-17-,25-22-,26-23-,30-28-,35-32-,39-36-. The molecule has 0 bridgehead atoms. The lowest BCUT2D eigenvalue weighted by molar-refractivity contribution is -0.167. The van der Waals surface area contributed by atoms with Crippen molar-refractivity contribution in [1.29, 1.82) is 0 Å². The third-order valence-electron chi connectivity index (χ3n) is 11.9. The average molecular weight is 946 g/mol. The molecule has 0 aliphatic heterocycles. The molecule has 0 aromatic rings. The first-order valence-electron chi connectivity index (χ1n) is 28.3. The van der Waals surface area contributed by atoms with E-state index in [1.165, 1.54) is 122 Å². The van der Waals surface area contributed by atoms with Gasteiger partial charge in [0.1, 0.15) is 13.2 Å². The van der Waals surface area contributed by atoms with Gasteiger partial charge in [-0.2, -0.15) is 0 Å². The second-order valence-corrected chi connectivity index (χ2v) is 18.6. The summed E-state index contributed by atoms with van der Waals surface area (Å²) in [7, 11) is 0. The molecule has 6 nitrogen and oxygen atoms in total. The molecule has 68 heavy (non-hydrogen) atoms. The summed E-state index contributed by atoms with van der Waals surface area (Å²) in [6.07, 6.45) is 73.8. The fraction of sp³-hybridized carbons (Fsp3) is 0.694. The Hall–Kier alpha value is -3.67. The molecule has 0 amide bonds. The van der Waals surface area contributed by atoms with Crippen molar-refractivity contribution < 1.29 is 28.6 Å². The number of hydrogen-bond acceptors (Lipinski definition) is 6. The van der Waals surface area contributed by atoms with Gasteiger partial charge in [0, 0.05) is 19.3 Å². The van der Waals surface area contributed by atoms with Crippen LogP contribution in [0.1, 0.15) is 258 Å². The van der Waals surface area contributed by atoms with Crippen LogP contribution in [0.15, 0.2) is 97.2 Å². The maximum Gasteiger partial charge on any atom is 0.306 e. The quantitative estimate of drug-likeness (QED) is 0.0199. The highest BCUT2D eigenvalue weighted by Crippen LogP contribution is 2.15. The molecule has 0 saturated heterocycles. The highest BCUT2D eigenvalue weighted by molar-refractivity contribution is 5.71. The zero-order valence-corrected chi connectivity index (χ0v) is 44.3. The Kier molecular flexibility index (Phi) is 52.9. The molecular weight excluding hydrogens is 841 g/mol. The van der Waals surface area contributed by atoms with Crippen LogP contribution in [0, 0.1) is 0 Å². The fourth-order valence-corrected chi connectivity index (χ4v) is 7.63. The largest absolute Gasteiger partial charge is 0.462 e. The SMILES string of the molecule is CCC\C=C/C=C\C=C/C=C\C=C/CCCCCCCC(=O)OC(COC(=O)CCCCC/C=C\CCCCCCCC)COC(=O)CCCCCCCCCCCC/C=C\C=C/CCCCC. The lowest BCUT2D eigenvalue weighted by Gasteiger charge is -2.18. The number of carbonyl (C=O) groups is 3. The molecule has 0 aliphatic carbocycles. The molecule has 0 fully saturated rings. The number of hydrogen-bond donors (Lipinski definition) is 0. The molecule has 6 heteroatoms. The van der Waals surface area contributed by atoms with E-state index in [1.54, 1.807) is 0 Å². The van der Waals surface area contributed by atoms with E-state index in [-0.39, 0.29) is 31.1 Å². The van der Waals surface area contributed by atoms with Crippen molar-refractivity contribution in [3.05, 3.63) is 97.2 Å². The van der Waals surface area contributed by atoms with Gasteiger partial charge < -0.3 is 14.2 Å². The molecule has 388 valence electrons. The number of carbonyl (C=O) groups excluding carboxylic acids is 3. The zero-order valence-electron chi connectivity index (χ0n) is 44.3. The second-order valence-electron chi connectivity index (χ2n) is 18.6. The summed E-state index contributed by atoms with van der Waals surface area (Å²) in [4.78, 5) is 38.1. The Morgan fingerprint density at radius 1 is 0.294 bits per heavy atom. The number of esters is 3. The van der Waals surface area contributed by atoms with Crippen molar-refractivity contribution in [2.45, 2.75) is 264 Å².